The number of anilines is 1. The Bertz CT molecular complexity index is 1340. The number of thioether (sulfide) groups is 1. The number of hydrogen-bond donors (Lipinski definition) is 1. The van der Waals surface area contributed by atoms with Crippen LogP contribution >= 0.6 is 35.0 Å². The van der Waals surface area contributed by atoms with Crippen LogP contribution in [0.4, 0.5) is 5.69 Å². The molecule has 3 aromatic carbocycles. The Hall–Kier alpha value is -3.30. The summed E-state index contributed by atoms with van der Waals surface area (Å²) >= 11 is 13.4. The molecule has 0 bridgehead atoms. The highest BCUT2D eigenvalue weighted by Gasteiger charge is 2.16. The van der Waals surface area contributed by atoms with E-state index in [0.29, 0.717) is 32.1 Å². The minimum Gasteiger partial charge on any atom is -0.326 e. The average Bonchev–Trinajstić information content (AvgIpc) is 2.84. The zero-order valence-corrected chi connectivity index (χ0v) is 20.3. The maximum atomic E-state index is 12.5. The van der Waals surface area contributed by atoms with Crippen molar-refractivity contribution in [2.75, 3.05) is 11.1 Å². The van der Waals surface area contributed by atoms with Gasteiger partial charge in [-0.2, -0.15) is 5.26 Å². The predicted molar refractivity (Wildman–Crippen MR) is 140 cm³/mol. The number of nitrogens with one attached hydrogen (secondary N) is 1. The number of nitrogens with zero attached hydrogens (tertiary/aromatic N) is 2. The molecular weight excluding hydrogens is 485 g/mol. The maximum absolute atomic E-state index is 12.5. The van der Waals surface area contributed by atoms with Crippen molar-refractivity contribution in [1.29, 1.82) is 5.26 Å². The van der Waals surface area contributed by atoms with Crippen LogP contribution < -0.4 is 5.32 Å². The van der Waals surface area contributed by atoms with E-state index in [4.69, 9.17) is 28.2 Å². The number of aromatic nitrogens is 1. The number of rotatable bonds is 7. The van der Waals surface area contributed by atoms with Crippen molar-refractivity contribution in [2.45, 2.75) is 11.4 Å². The fourth-order valence-electron chi connectivity index (χ4n) is 3.43. The number of halogens is 2. The molecule has 0 unspecified atom stereocenters. The van der Waals surface area contributed by atoms with Crippen LogP contribution in [-0.4, -0.2) is 16.6 Å². The summed E-state index contributed by atoms with van der Waals surface area (Å²) in [5.41, 5.74) is 4.53. The van der Waals surface area contributed by atoms with Crippen molar-refractivity contribution in [2.24, 2.45) is 0 Å². The molecule has 0 fully saturated rings. The molecule has 0 aliphatic rings. The van der Waals surface area contributed by atoms with E-state index in [2.05, 4.69) is 11.4 Å². The van der Waals surface area contributed by atoms with Crippen molar-refractivity contribution in [3.05, 3.63) is 101 Å². The monoisotopic (exact) mass is 503 g/mol. The zero-order chi connectivity index (χ0) is 23.9. The van der Waals surface area contributed by atoms with Gasteiger partial charge in [-0.15, -0.1) is 11.8 Å². The third kappa shape index (κ3) is 5.98. The molecule has 0 saturated heterocycles. The van der Waals surface area contributed by atoms with Gasteiger partial charge >= 0.3 is 0 Å². The molecule has 4 nitrogen and oxygen atoms in total. The van der Waals surface area contributed by atoms with E-state index in [1.807, 2.05) is 66.7 Å². The van der Waals surface area contributed by atoms with E-state index in [1.54, 1.807) is 18.2 Å². The molecule has 0 saturated carbocycles. The fourth-order valence-corrected chi connectivity index (χ4v) is 4.90. The second kappa shape index (κ2) is 11.2. The SMILES string of the molecule is N#Cc1c(-c2ccccc2)cc(-c2ccccc2)nc1SCCC(=O)Nc1cc(Cl)cc(Cl)c1. The van der Waals surface area contributed by atoms with E-state index < -0.39 is 0 Å². The molecule has 0 spiro atoms. The molecule has 1 heterocycles. The summed E-state index contributed by atoms with van der Waals surface area (Å²) < 4.78 is 0. The van der Waals surface area contributed by atoms with Crippen LogP contribution in [0.25, 0.3) is 22.4 Å². The Balaban J connectivity index is 1.58. The molecular formula is C27H19Cl2N3OS. The average molecular weight is 504 g/mol. The number of amides is 1. The smallest absolute Gasteiger partial charge is 0.225 e. The molecule has 0 aliphatic heterocycles. The normalized spacial score (nSPS) is 10.5. The quantitative estimate of drug-likeness (QED) is 0.262. The summed E-state index contributed by atoms with van der Waals surface area (Å²) in [6, 6.07) is 28.8. The van der Waals surface area contributed by atoms with Gasteiger partial charge in [0.1, 0.15) is 11.1 Å². The number of carbonyl (C=O) groups is 1. The molecule has 4 aromatic rings. The van der Waals surface area contributed by atoms with Gasteiger partial charge in [-0.3, -0.25) is 4.79 Å². The summed E-state index contributed by atoms with van der Waals surface area (Å²) in [6.45, 7) is 0. The van der Waals surface area contributed by atoms with E-state index >= 15 is 0 Å². The summed E-state index contributed by atoms with van der Waals surface area (Å²) in [5.74, 6) is 0.278. The van der Waals surface area contributed by atoms with Gasteiger partial charge in [-0.05, 0) is 29.8 Å². The van der Waals surface area contributed by atoms with E-state index in [0.717, 1.165) is 22.4 Å². The minimum atomic E-state index is -0.174. The second-order valence-electron chi connectivity index (χ2n) is 7.38. The van der Waals surface area contributed by atoms with Gasteiger partial charge in [0.2, 0.25) is 5.91 Å². The van der Waals surface area contributed by atoms with Gasteiger partial charge < -0.3 is 5.32 Å². The lowest BCUT2D eigenvalue weighted by Crippen LogP contribution is -2.12. The molecule has 168 valence electrons. The van der Waals surface area contributed by atoms with Crippen LogP contribution in [0.1, 0.15) is 12.0 Å². The summed E-state index contributed by atoms with van der Waals surface area (Å²) in [7, 11) is 0. The first-order chi connectivity index (χ1) is 16.5. The van der Waals surface area contributed by atoms with Crippen molar-refractivity contribution in [3.63, 3.8) is 0 Å². The van der Waals surface area contributed by atoms with Crippen molar-refractivity contribution < 1.29 is 4.79 Å². The number of benzene rings is 3. The van der Waals surface area contributed by atoms with Gasteiger partial charge in [0.05, 0.1) is 11.3 Å². The van der Waals surface area contributed by atoms with Crippen molar-refractivity contribution in [1.82, 2.24) is 4.98 Å². The third-order valence-corrected chi connectivity index (χ3v) is 6.38. The predicted octanol–water partition coefficient (Wildman–Crippen LogP) is 7.71. The molecule has 0 aliphatic carbocycles. The summed E-state index contributed by atoms with van der Waals surface area (Å²) in [6.07, 6.45) is 0.234. The van der Waals surface area contributed by atoms with E-state index in [-0.39, 0.29) is 12.3 Å². The Morgan fingerprint density at radius 2 is 1.53 bits per heavy atom. The highest BCUT2D eigenvalue weighted by atomic mass is 35.5. The highest BCUT2D eigenvalue weighted by molar-refractivity contribution is 7.99. The van der Waals surface area contributed by atoms with E-state index in [9.17, 15) is 10.1 Å². The summed E-state index contributed by atoms with van der Waals surface area (Å²) in [5, 5.41) is 14.3. The van der Waals surface area contributed by atoms with Gasteiger partial charge in [0.25, 0.3) is 0 Å². The number of carbonyl (C=O) groups excluding carboxylic acids is 1. The van der Waals surface area contributed by atoms with Crippen LogP contribution in [0.2, 0.25) is 10.0 Å². The Morgan fingerprint density at radius 3 is 2.15 bits per heavy atom. The van der Waals surface area contributed by atoms with Gasteiger partial charge in [0, 0.05) is 39.0 Å². The third-order valence-electron chi connectivity index (χ3n) is 4.97. The first kappa shape index (κ1) is 23.8. The van der Waals surface area contributed by atoms with Gasteiger partial charge in [-0.25, -0.2) is 4.98 Å². The Labute approximate surface area is 212 Å². The zero-order valence-electron chi connectivity index (χ0n) is 18.0. The standard InChI is InChI=1S/C27H19Cl2N3OS/c28-20-13-21(29)15-22(14-20)31-26(33)11-12-34-27-24(17-30)23(18-7-3-1-4-8-18)16-25(32-27)19-9-5-2-6-10-19/h1-10,13-16H,11-12H2,(H,31,33). The summed E-state index contributed by atoms with van der Waals surface area (Å²) in [4.78, 5) is 17.2. The minimum absolute atomic E-state index is 0.174. The van der Waals surface area contributed by atoms with Gasteiger partial charge in [0.15, 0.2) is 0 Å². The molecule has 7 heteroatoms. The molecule has 34 heavy (non-hydrogen) atoms. The Morgan fingerprint density at radius 1 is 0.912 bits per heavy atom. The van der Waals surface area contributed by atoms with E-state index in [1.165, 1.54) is 11.8 Å². The topological polar surface area (TPSA) is 65.8 Å². The molecule has 4 rings (SSSR count). The van der Waals surface area contributed by atoms with Crippen LogP contribution in [0.15, 0.2) is 90.0 Å². The van der Waals surface area contributed by atoms with Crippen molar-refractivity contribution in [3.8, 4) is 28.5 Å². The molecule has 1 aromatic heterocycles. The Kier molecular flexibility index (Phi) is 7.87. The highest BCUT2D eigenvalue weighted by Crippen LogP contribution is 2.34. The molecule has 0 atom stereocenters. The van der Waals surface area contributed by atoms with Gasteiger partial charge in [-0.1, -0.05) is 83.9 Å². The van der Waals surface area contributed by atoms with Crippen LogP contribution in [0.5, 0.6) is 0 Å². The molecule has 0 radical (unpaired) electrons. The maximum Gasteiger partial charge on any atom is 0.225 e. The lowest BCUT2D eigenvalue weighted by atomic mass is 9.99. The van der Waals surface area contributed by atoms with Crippen LogP contribution in [-0.2, 0) is 4.79 Å². The van der Waals surface area contributed by atoms with Crippen molar-refractivity contribution >= 4 is 46.6 Å². The lowest BCUT2D eigenvalue weighted by molar-refractivity contribution is -0.115. The van der Waals surface area contributed by atoms with Crippen LogP contribution in [0, 0.1) is 11.3 Å². The first-order valence-corrected chi connectivity index (χ1v) is 12.2. The lowest BCUT2D eigenvalue weighted by Gasteiger charge is -2.13. The number of nitriles is 1. The molecule has 1 amide bonds. The fraction of sp³-hybridized carbons (Fsp3) is 0.0741. The number of pyridine rings is 1. The largest absolute Gasteiger partial charge is 0.326 e. The number of hydrogen-bond acceptors (Lipinski definition) is 4. The van der Waals surface area contributed by atoms with Crippen LogP contribution in [0.3, 0.4) is 0 Å². The second-order valence-corrected chi connectivity index (χ2v) is 9.34. The molecule has 1 N–H and O–H groups in total. The first-order valence-electron chi connectivity index (χ1n) is 10.5.